The van der Waals surface area contributed by atoms with Crippen LogP contribution < -0.4 is 5.73 Å². The molecule has 0 radical (unpaired) electrons. The van der Waals surface area contributed by atoms with Crippen molar-refractivity contribution >= 4 is 16.7 Å². The van der Waals surface area contributed by atoms with Gasteiger partial charge in [-0.1, -0.05) is 18.2 Å². The summed E-state index contributed by atoms with van der Waals surface area (Å²) in [6, 6.07) is 15.1. The topological polar surface area (TPSA) is 87.8 Å². The highest BCUT2D eigenvalue weighted by Gasteiger charge is 2.12. The summed E-state index contributed by atoms with van der Waals surface area (Å²) >= 11 is 0. The molecule has 4 rings (SSSR count). The molecule has 23 heavy (non-hydrogen) atoms. The summed E-state index contributed by atoms with van der Waals surface area (Å²) in [6.07, 6.45) is 3.57. The first-order valence-electron chi connectivity index (χ1n) is 7.20. The summed E-state index contributed by atoms with van der Waals surface area (Å²) in [5.74, 6) is 0.714. The van der Waals surface area contributed by atoms with E-state index >= 15 is 0 Å². The highest BCUT2D eigenvalue weighted by Crippen LogP contribution is 2.36. The van der Waals surface area contributed by atoms with Gasteiger partial charge in [0.2, 0.25) is 0 Å². The van der Waals surface area contributed by atoms with E-state index in [0.29, 0.717) is 5.82 Å². The highest BCUT2D eigenvalue weighted by atomic mass is 16.3. The number of benzene rings is 2. The third kappa shape index (κ3) is 2.28. The lowest BCUT2D eigenvalue weighted by Gasteiger charge is -2.11. The first kappa shape index (κ1) is 13.3. The van der Waals surface area contributed by atoms with Crippen molar-refractivity contribution in [2.24, 2.45) is 0 Å². The largest absolute Gasteiger partial charge is 0.508 e. The molecule has 0 aliphatic heterocycles. The van der Waals surface area contributed by atoms with E-state index in [2.05, 4.69) is 15.2 Å². The Kier molecular flexibility index (Phi) is 2.98. The zero-order valence-electron chi connectivity index (χ0n) is 12.2. The predicted molar refractivity (Wildman–Crippen MR) is 90.8 cm³/mol. The van der Waals surface area contributed by atoms with Crippen molar-refractivity contribution in [2.45, 2.75) is 0 Å². The summed E-state index contributed by atoms with van der Waals surface area (Å²) in [5, 5.41) is 17.4. The number of nitrogens with one attached hydrogen (secondary N) is 1. The minimum absolute atomic E-state index is 0.239. The van der Waals surface area contributed by atoms with Crippen molar-refractivity contribution < 1.29 is 5.11 Å². The average Bonchev–Trinajstić information content (AvgIpc) is 2.96. The number of pyridine rings is 1. The van der Waals surface area contributed by atoms with E-state index in [0.717, 1.165) is 33.2 Å². The maximum Gasteiger partial charge on any atom is 0.153 e. The van der Waals surface area contributed by atoms with Gasteiger partial charge in [0.05, 0.1) is 5.52 Å². The zero-order valence-corrected chi connectivity index (χ0v) is 12.2. The van der Waals surface area contributed by atoms with E-state index in [-0.39, 0.29) is 5.75 Å². The number of aromatic nitrogens is 3. The van der Waals surface area contributed by atoms with Gasteiger partial charge in [0.15, 0.2) is 5.82 Å². The number of rotatable bonds is 2. The fraction of sp³-hybridized carbons (Fsp3) is 0. The second-order valence-electron chi connectivity index (χ2n) is 5.34. The Hall–Kier alpha value is -3.34. The van der Waals surface area contributed by atoms with Gasteiger partial charge >= 0.3 is 0 Å². The second-order valence-corrected chi connectivity index (χ2v) is 5.34. The van der Waals surface area contributed by atoms with Crippen LogP contribution in [0.2, 0.25) is 0 Å². The molecule has 0 amide bonds. The smallest absolute Gasteiger partial charge is 0.153 e. The summed E-state index contributed by atoms with van der Waals surface area (Å²) in [5.41, 5.74) is 10.8. The van der Waals surface area contributed by atoms with Crippen LogP contribution in [0.15, 0.2) is 60.9 Å². The number of fused-ring (bicyclic) bond motifs is 1. The minimum atomic E-state index is 0.239. The van der Waals surface area contributed by atoms with Crippen molar-refractivity contribution in [3.05, 3.63) is 60.9 Å². The molecule has 5 nitrogen and oxygen atoms in total. The number of aromatic hydroxyl groups is 1. The Morgan fingerprint density at radius 2 is 1.74 bits per heavy atom. The lowest BCUT2D eigenvalue weighted by molar-refractivity contribution is 0.475. The van der Waals surface area contributed by atoms with Crippen LogP contribution >= 0.6 is 0 Å². The van der Waals surface area contributed by atoms with Crippen molar-refractivity contribution in [3.63, 3.8) is 0 Å². The van der Waals surface area contributed by atoms with Crippen LogP contribution in [0.25, 0.3) is 33.2 Å². The SMILES string of the molecule is Nc1n[nH]c2cc(-c3ccc(O)cc3)c(-c3cccnc3)cc12. The molecule has 4 aromatic rings. The van der Waals surface area contributed by atoms with Crippen molar-refractivity contribution in [3.8, 4) is 28.0 Å². The maximum absolute atomic E-state index is 9.52. The standard InChI is InChI=1S/C18H14N4O/c19-18-16-8-14(12-2-1-7-20-10-12)15(9-17(16)21-22-18)11-3-5-13(23)6-4-11/h1-10,23H,(H3,19,21,22). The van der Waals surface area contributed by atoms with Crippen LogP contribution in [0, 0.1) is 0 Å². The van der Waals surface area contributed by atoms with Crippen LogP contribution in [0.5, 0.6) is 5.75 Å². The Morgan fingerprint density at radius 3 is 2.48 bits per heavy atom. The first-order chi connectivity index (χ1) is 11.2. The zero-order chi connectivity index (χ0) is 15.8. The third-order valence-corrected chi connectivity index (χ3v) is 3.88. The Balaban J connectivity index is 2.02. The number of phenolic OH excluding ortho intramolecular Hbond substituents is 1. The lowest BCUT2D eigenvalue weighted by Crippen LogP contribution is -1.88. The monoisotopic (exact) mass is 302 g/mol. The molecule has 0 saturated heterocycles. The highest BCUT2D eigenvalue weighted by molar-refractivity contribution is 5.98. The molecule has 0 unspecified atom stereocenters. The first-order valence-corrected chi connectivity index (χ1v) is 7.20. The quantitative estimate of drug-likeness (QED) is 0.528. The number of nitrogens with two attached hydrogens (primary N) is 1. The molecule has 0 bridgehead atoms. The summed E-state index contributed by atoms with van der Waals surface area (Å²) < 4.78 is 0. The Morgan fingerprint density at radius 1 is 0.957 bits per heavy atom. The summed E-state index contributed by atoms with van der Waals surface area (Å²) in [7, 11) is 0. The van der Waals surface area contributed by atoms with E-state index in [9.17, 15) is 5.11 Å². The molecule has 112 valence electrons. The lowest BCUT2D eigenvalue weighted by atomic mass is 9.94. The fourth-order valence-corrected chi connectivity index (χ4v) is 2.73. The van der Waals surface area contributed by atoms with E-state index in [1.165, 1.54) is 0 Å². The summed E-state index contributed by atoms with van der Waals surface area (Å²) in [4.78, 5) is 4.21. The van der Waals surface area contributed by atoms with Gasteiger partial charge in [0, 0.05) is 23.3 Å². The van der Waals surface area contributed by atoms with Gasteiger partial charge in [-0.05, 0) is 47.0 Å². The van der Waals surface area contributed by atoms with Gasteiger partial charge in [0.1, 0.15) is 5.75 Å². The number of H-pyrrole nitrogens is 1. The fourth-order valence-electron chi connectivity index (χ4n) is 2.73. The molecule has 0 saturated carbocycles. The molecule has 0 aliphatic carbocycles. The summed E-state index contributed by atoms with van der Waals surface area (Å²) in [6.45, 7) is 0. The predicted octanol–water partition coefficient (Wildman–Crippen LogP) is 3.58. The van der Waals surface area contributed by atoms with Gasteiger partial charge in [-0.25, -0.2) is 0 Å². The molecule has 2 aromatic carbocycles. The molecule has 2 heterocycles. The van der Waals surface area contributed by atoms with Crippen molar-refractivity contribution in [1.29, 1.82) is 0 Å². The molecule has 0 atom stereocenters. The average molecular weight is 302 g/mol. The third-order valence-electron chi connectivity index (χ3n) is 3.88. The van der Waals surface area contributed by atoms with Crippen LogP contribution in [-0.4, -0.2) is 20.3 Å². The molecular formula is C18H14N4O. The molecule has 5 heteroatoms. The van der Waals surface area contributed by atoms with Crippen LogP contribution in [0.1, 0.15) is 0 Å². The molecular weight excluding hydrogens is 288 g/mol. The number of hydrogen-bond acceptors (Lipinski definition) is 4. The molecule has 4 N–H and O–H groups in total. The van der Waals surface area contributed by atoms with Gasteiger partial charge in [-0.15, -0.1) is 0 Å². The Bertz CT molecular complexity index is 975. The van der Waals surface area contributed by atoms with Crippen LogP contribution in [0.4, 0.5) is 5.82 Å². The van der Waals surface area contributed by atoms with E-state index in [1.807, 2.05) is 42.6 Å². The minimum Gasteiger partial charge on any atom is -0.508 e. The number of aromatic amines is 1. The van der Waals surface area contributed by atoms with Gasteiger partial charge in [-0.3, -0.25) is 10.1 Å². The number of nitrogens with zero attached hydrogens (tertiary/aromatic N) is 2. The molecule has 0 spiro atoms. The van der Waals surface area contributed by atoms with E-state index in [1.54, 1.807) is 18.3 Å². The van der Waals surface area contributed by atoms with Crippen LogP contribution in [-0.2, 0) is 0 Å². The van der Waals surface area contributed by atoms with Crippen molar-refractivity contribution in [2.75, 3.05) is 5.73 Å². The molecule has 0 aliphatic rings. The second kappa shape index (κ2) is 5.14. The van der Waals surface area contributed by atoms with Gasteiger partial charge < -0.3 is 10.8 Å². The number of anilines is 1. The van der Waals surface area contributed by atoms with E-state index < -0.39 is 0 Å². The number of nitrogen functional groups attached to an aromatic ring is 1. The number of hydrogen-bond donors (Lipinski definition) is 3. The Labute approximate surface area is 132 Å². The maximum atomic E-state index is 9.52. The van der Waals surface area contributed by atoms with Crippen molar-refractivity contribution in [1.82, 2.24) is 15.2 Å². The normalized spacial score (nSPS) is 11.0. The number of phenols is 1. The van der Waals surface area contributed by atoms with Gasteiger partial charge in [0.25, 0.3) is 0 Å². The molecule has 2 aromatic heterocycles. The van der Waals surface area contributed by atoms with Gasteiger partial charge in [-0.2, -0.15) is 5.10 Å². The van der Waals surface area contributed by atoms with Crippen LogP contribution in [0.3, 0.4) is 0 Å². The molecule has 0 fully saturated rings. The van der Waals surface area contributed by atoms with E-state index in [4.69, 9.17) is 5.73 Å².